The number of carbonyl (C=O) groups is 4. The second-order valence-electron chi connectivity index (χ2n) is 18.6. The Morgan fingerprint density at radius 2 is 1.05 bits per heavy atom. The van der Waals surface area contributed by atoms with Crippen molar-refractivity contribution in [2.75, 3.05) is 13.1 Å². The van der Waals surface area contributed by atoms with Gasteiger partial charge in [-0.2, -0.15) is 0 Å². The molecule has 4 aromatic rings. The van der Waals surface area contributed by atoms with Crippen LogP contribution in [0, 0.1) is 23.7 Å². The molecule has 4 amide bonds. The molecule has 2 aromatic carbocycles. The average molecular weight is 884 g/mol. The van der Waals surface area contributed by atoms with Gasteiger partial charge in [0.05, 0.1) is 23.5 Å². The van der Waals surface area contributed by atoms with Crippen LogP contribution in [0.2, 0.25) is 10.3 Å². The summed E-state index contributed by atoms with van der Waals surface area (Å²) in [5.74, 6) is 2.27. The normalized spacial score (nSPS) is 21.1. The van der Waals surface area contributed by atoms with Crippen molar-refractivity contribution < 1.29 is 28.7 Å². The summed E-state index contributed by atoms with van der Waals surface area (Å²) in [6.45, 7) is 9.57. The van der Waals surface area contributed by atoms with Gasteiger partial charge >= 0.3 is 0 Å². The fourth-order valence-corrected chi connectivity index (χ4v) is 10.1. The number of imidazole rings is 2. The number of benzene rings is 2. The number of nitrogens with zero attached hydrogens (tertiary/aromatic N) is 4. The zero-order valence-corrected chi connectivity index (χ0v) is 36.9. The molecule has 0 radical (unpaired) electrons. The molecule has 2 aliphatic carbocycles. The van der Waals surface area contributed by atoms with E-state index in [9.17, 15) is 19.2 Å². The Bertz CT molecular complexity index is 2270. The number of aromatic amines is 2. The van der Waals surface area contributed by atoms with Crippen LogP contribution in [0.25, 0.3) is 33.6 Å². The van der Waals surface area contributed by atoms with E-state index in [1.165, 1.54) is 0 Å². The maximum atomic E-state index is 13.9. The lowest BCUT2D eigenvalue weighted by Crippen LogP contribution is -2.51. The minimum Gasteiger partial charge on any atom is -0.488 e. The summed E-state index contributed by atoms with van der Waals surface area (Å²) < 4.78 is 12.9. The summed E-state index contributed by atoms with van der Waals surface area (Å²) in [6.07, 6.45) is 6.59. The minimum atomic E-state index is -0.603. The molecular formula is C46H52Cl2N8O6. The smallest absolute Gasteiger partial charge is 0.246 e. The molecular weight excluding hydrogens is 831 g/mol. The summed E-state index contributed by atoms with van der Waals surface area (Å²) in [7, 11) is 0. The lowest BCUT2D eigenvalue weighted by molar-refractivity contribution is -0.139. The van der Waals surface area contributed by atoms with E-state index in [0.717, 1.165) is 84.7 Å². The van der Waals surface area contributed by atoms with E-state index < -0.39 is 12.1 Å². The van der Waals surface area contributed by atoms with Crippen molar-refractivity contribution in [3.05, 3.63) is 57.3 Å². The van der Waals surface area contributed by atoms with E-state index in [1.807, 2.05) is 61.8 Å². The van der Waals surface area contributed by atoms with Crippen LogP contribution < -0.4 is 20.1 Å². The molecule has 4 N–H and O–H groups in total. The summed E-state index contributed by atoms with van der Waals surface area (Å²) in [4.78, 5) is 73.3. The van der Waals surface area contributed by atoms with Crippen LogP contribution in [-0.4, -0.2) is 78.5 Å². The monoisotopic (exact) mass is 882 g/mol. The molecule has 10 rings (SSSR count). The molecule has 4 atom stereocenters. The predicted octanol–water partition coefficient (Wildman–Crippen LogP) is 7.65. The number of nitrogens with one attached hydrogen (secondary N) is 4. The number of hydrogen-bond acceptors (Lipinski definition) is 8. The SMILES string of the molecule is CC(C)[C@H](NC(=O)C1CC1)C(=O)N1CCC[C@H]1c1nc(Cl)c(-c2cc3c4c(c2)OCc2cc(-c5[nH]c([C@@H]6CCCN6C(=O)[C@@H](NC(=O)C6CC6)C(C)C)nc5Cl)cc(c2-4)OC3)[nH]1. The van der Waals surface area contributed by atoms with E-state index >= 15 is 0 Å². The van der Waals surface area contributed by atoms with Crippen molar-refractivity contribution in [3.8, 4) is 45.1 Å². The van der Waals surface area contributed by atoms with Gasteiger partial charge in [0.15, 0.2) is 10.3 Å². The number of halogens is 2. The van der Waals surface area contributed by atoms with E-state index in [2.05, 4.69) is 20.6 Å². The second kappa shape index (κ2) is 15.9. The van der Waals surface area contributed by atoms with Gasteiger partial charge in [-0.25, -0.2) is 9.97 Å². The average Bonchev–Trinajstić information content (AvgIpc) is 4.09. The van der Waals surface area contributed by atoms with Crippen LogP contribution in [0.1, 0.15) is 114 Å². The van der Waals surface area contributed by atoms with E-state index in [-0.39, 0.29) is 72.6 Å². The van der Waals surface area contributed by atoms with Gasteiger partial charge in [-0.05, 0) is 87.5 Å². The first-order valence-corrected chi connectivity index (χ1v) is 22.9. The van der Waals surface area contributed by atoms with Crippen molar-refractivity contribution in [2.24, 2.45) is 23.7 Å². The van der Waals surface area contributed by atoms with Gasteiger partial charge in [0.25, 0.3) is 0 Å². The number of H-pyrrole nitrogens is 2. The molecule has 2 saturated heterocycles. The molecule has 4 aliphatic heterocycles. The highest BCUT2D eigenvalue weighted by molar-refractivity contribution is 6.32. The van der Waals surface area contributed by atoms with Crippen LogP contribution >= 0.6 is 23.2 Å². The Kier molecular flexibility index (Phi) is 10.5. The van der Waals surface area contributed by atoms with E-state index in [1.54, 1.807) is 0 Å². The maximum Gasteiger partial charge on any atom is 0.246 e. The lowest BCUT2D eigenvalue weighted by Gasteiger charge is -2.30. The maximum absolute atomic E-state index is 13.9. The van der Waals surface area contributed by atoms with Gasteiger partial charge in [0, 0.05) is 58.3 Å². The van der Waals surface area contributed by atoms with Crippen molar-refractivity contribution in [2.45, 2.75) is 116 Å². The first-order valence-electron chi connectivity index (χ1n) is 22.2. The number of aromatic nitrogens is 4. The minimum absolute atomic E-state index is 0.0141. The summed E-state index contributed by atoms with van der Waals surface area (Å²) in [6, 6.07) is 6.24. The number of carbonyl (C=O) groups excluding carboxylic acids is 4. The Hall–Kier alpha value is -5.08. The second-order valence-corrected chi connectivity index (χ2v) is 19.3. The first-order chi connectivity index (χ1) is 29.8. The van der Waals surface area contributed by atoms with Crippen LogP contribution in [-0.2, 0) is 32.4 Å². The highest BCUT2D eigenvalue weighted by Gasteiger charge is 2.42. The molecule has 16 heteroatoms. The molecule has 6 aliphatic rings. The number of hydrogen-bond donors (Lipinski definition) is 4. The van der Waals surface area contributed by atoms with Gasteiger partial charge in [0.2, 0.25) is 23.6 Å². The van der Waals surface area contributed by atoms with Crippen molar-refractivity contribution >= 4 is 46.8 Å². The van der Waals surface area contributed by atoms with Gasteiger partial charge in [0.1, 0.15) is 48.4 Å². The van der Waals surface area contributed by atoms with Crippen molar-refractivity contribution in [1.82, 2.24) is 40.4 Å². The molecule has 0 spiro atoms. The molecule has 6 heterocycles. The van der Waals surface area contributed by atoms with Crippen LogP contribution in [0.3, 0.4) is 0 Å². The third kappa shape index (κ3) is 7.40. The fraction of sp³-hybridized carbons (Fsp3) is 0.522. The van der Waals surface area contributed by atoms with Crippen LogP contribution in [0.5, 0.6) is 11.5 Å². The van der Waals surface area contributed by atoms with Gasteiger partial charge in [-0.3, -0.25) is 19.2 Å². The lowest BCUT2D eigenvalue weighted by atomic mass is 9.87. The van der Waals surface area contributed by atoms with E-state index in [4.69, 9.17) is 42.6 Å². The Labute approximate surface area is 370 Å². The zero-order chi connectivity index (χ0) is 43.1. The number of rotatable bonds is 12. The Morgan fingerprint density at radius 1 is 0.645 bits per heavy atom. The number of ether oxygens (including phenoxy) is 2. The topological polar surface area (TPSA) is 175 Å². The zero-order valence-electron chi connectivity index (χ0n) is 35.4. The molecule has 0 unspecified atom stereocenters. The molecule has 0 bridgehead atoms. The van der Waals surface area contributed by atoms with Crippen molar-refractivity contribution in [1.29, 1.82) is 0 Å². The first kappa shape index (κ1) is 41.0. The molecule has 62 heavy (non-hydrogen) atoms. The van der Waals surface area contributed by atoms with Gasteiger partial charge in [-0.1, -0.05) is 50.9 Å². The third-order valence-corrected chi connectivity index (χ3v) is 13.9. The largest absolute Gasteiger partial charge is 0.488 e. The molecule has 4 fully saturated rings. The van der Waals surface area contributed by atoms with E-state index in [0.29, 0.717) is 57.9 Å². The molecule has 2 aromatic heterocycles. The quantitative estimate of drug-likeness (QED) is 0.112. The molecule has 2 saturated carbocycles. The summed E-state index contributed by atoms with van der Waals surface area (Å²) in [5, 5.41) is 6.64. The standard InChI is InChI=1S/C46H52Cl2N8O6/c1-21(2)35(51-43(57)23-9-10-23)45(59)55-13-5-7-29(55)41-49-37(39(47)53-41)25-15-27-19-62-32-18-26(16-28-20-61-31(17-25)33(27)34(28)32)38-40(48)54-42(50-38)30-8-6-14-56(30)46(60)36(22(3)4)52-44(58)24-11-12-24/h15-18,21-24,29-30,35-36H,5-14,19-20H2,1-4H3,(H,49,53)(H,50,54)(H,51,57)(H,52,58)/t29-,30-,35-,36-/m0/s1. The number of amides is 4. The summed E-state index contributed by atoms with van der Waals surface area (Å²) in [5.41, 5.74) is 6.66. The molecule has 14 nitrogen and oxygen atoms in total. The highest BCUT2D eigenvalue weighted by Crippen LogP contribution is 2.52. The molecule has 326 valence electrons. The fourth-order valence-electron chi connectivity index (χ4n) is 9.65. The Balaban J connectivity index is 0.891. The third-order valence-electron chi connectivity index (χ3n) is 13.4. The van der Waals surface area contributed by atoms with Gasteiger partial charge < -0.3 is 39.9 Å². The van der Waals surface area contributed by atoms with Crippen LogP contribution in [0.4, 0.5) is 0 Å². The van der Waals surface area contributed by atoms with Gasteiger partial charge in [-0.15, -0.1) is 0 Å². The van der Waals surface area contributed by atoms with Crippen molar-refractivity contribution in [3.63, 3.8) is 0 Å². The predicted molar refractivity (Wildman–Crippen MR) is 232 cm³/mol. The summed E-state index contributed by atoms with van der Waals surface area (Å²) >= 11 is 13.7. The van der Waals surface area contributed by atoms with Crippen LogP contribution in [0.15, 0.2) is 24.3 Å². The highest BCUT2D eigenvalue weighted by atomic mass is 35.5. The Morgan fingerprint density at radius 3 is 1.42 bits per heavy atom. The number of likely N-dealkylation sites (tertiary alicyclic amines) is 2.